The molecule has 0 unspecified atom stereocenters. The van der Waals surface area contributed by atoms with E-state index < -0.39 is 29.2 Å². The average Bonchev–Trinajstić information content (AvgIpc) is 3.93. The van der Waals surface area contributed by atoms with E-state index in [4.69, 9.17) is 49.3 Å². The van der Waals surface area contributed by atoms with Gasteiger partial charge in [-0.25, -0.2) is 0 Å². The number of ether oxygens (including phenoxy) is 2. The summed E-state index contributed by atoms with van der Waals surface area (Å²) < 4.78 is 31.1. The Labute approximate surface area is 480 Å². The topological polar surface area (TPSA) is 308 Å². The van der Waals surface area contributed by atoms with E-state index in [0.29, 0.717) is 42.1 Å². The van der Waals surface area contributed by atoms with Gasteiger partial charge >= 0.3 is 17.9 Å². The highest BCUT2D eigenvalue weighted by Crippen LogP contribution is 2.26. The summed E-state index contributed by atoms with van der Waals surface area (Å²) >= 11 is 4.64. The first-order valence-electron chi connectivity index (χ1n) is 24.6. The fraction of sp³-hybridized carbons (Fsp3) is 0.463. The van der Waals surface area contributed by atoms with Crippen LogP contribution < -0.4 is 5.73 Å². The molecule has 5 aromatic rings. The summed E-state index contributed by atoms with van der Waals surface area (Å²) in [6, 6.07) is 22.2. The molecule has 0 radical (unpaired) electrons. The molecule has 8 rings (SSSR count). The molecule has 22 nitrogen and oxygen atoms in total. The van der Waals surface area contributed by atoms with Crippen LogP contribution in [0.15, 0.2) is 87.0 Å². The summed E-state index contributed by atoms with van der Waals surface area (Å²) in [6.07, 6.45) is 0. The number of carboxylic acids is 2. The molecule has 0 saturated carbocycles. The van der Waals surface area contributed by atoms with Crippen molar-refractivity contribution in [1.82, 2.24) is 35.0 Å². The van der Waals surface area contributed by atoms with Gasteiger partial charge in [-0.15, -0.1) is 24.0 Å². The number of oxime groups is 1. The Kier molecular flexibility index (Phi) is 28.0. The number of aliphatic carboxylic acids is 2. The number of aromatic nitrogens is 4. The van der Waals surface area contributed by atoms with Gasteiger partial charge in [-0.05, 0) is 69.8 Å². The van der Waals surface area contributed by atoms with Crippen LogP contribution in [0.3, 0.4) is 0 Å². The Morgan fingerprint density at radius 3 is 1.15 bits per heavy atom. The molecule has 3 aliphatic heterocycles. The predicted molar refractivity (Wildman–Crippen MR) is 301 cm³/mol. The second-order valence-corrected chi connectivity index (χ2v) is 20.9. The third-order valence-electron chi connectivity index (χ3n) is 10.8. The van der Waals surface area contributed by atoms with Crippen molar-refractivity contribution in [3.63, 3.8) is 0 Å². The first-order chi connectivity index (χ1) is 36.4. The standard InChI is InChI=1S/C18H23N3O3.C16H23N3O3.C14H15N3O3.C2H3ClO.C2H3FO.C2H4O2.HI/c1-12-19-16(20-24-12)14-7-5-13(6-8-14)9-21-10-15(11-21)17(22)23-18(2,3)4;1-16(2,3)22-15(20)13-9-19(10-13)8-11-4-6-12(7-5-11)14(17)18-21;1-9-15-13(16-20-9)11-4-2-10(3-5-11)6-17-7-12(8-17)14(18)19;3*1-2(3)4;/h5-8,15H,9-11H2,1-4H3;4-7,13,21H,8-10H2,1-3H3,(H2,17,18);2-5,12H,6-8H2,1H3,(H,18,19);2*1H3;1H3,(H,3,4);1H. The Morgan fingerprint density at radius 2 is 0.911 bits per heavy atom. The molecule has 3 aromatic carbocycles. The lowest BCUT2D eigenvalue weighted by Crippen LogP contribution is -2.51. The average molecular weight is 1240 g/mol. The smallest absolute Gasteiger partial charge is 0.312 e. The summed E-state index contributed by atoms with van der Waals surface area (Å²) in [6.45, 7) is 24.7. The van der Waals surface area contributed by atoms with Gasteiger partial charge in [-0.2, -0.15) is 14.4 Å². The minimum absolute atomic E-state index is 0. The zero-order valence-electron chi connectivity index (χ0n) is 46.3. The Bertz CT molecular complexity index is 2720. The number of likely N-dealkylation sites (tertiary alicyclic amines) is 3. The van der Waals surface area contributed by atoms with Crippen molar-refractivity contribution in [2.75, 3.05) is 39.3 Å². The van der Waals surface area contributed by atoms with Crippen LogP contribution in [0.1, 0.15) is 96.3 Å². The minimum Gasteiger partial charge on any atom is -0.481 e. The van der Waals surface area contributed by atoms with Gasteiger partial charge in [0.1, 0.15) is 11.2 Å². The second-order valence-electron chi connectivity index (χ2n) is 20.4. The number of carbonyl (C=O) groups excluding carboxylic acids is 4. The van der Waals surface area contributed by atoms with Crippen LogP contribution in [0.2, 0.25) is 0 Å². The lowest BCUT2D eigenvalue weighted by atomic mass is 9.98. The minimum atomic E-state index is -1.33. The van der Waals surface area contributed by atoms with Crippen molar-refractivity contribution in [3.8, 4) is 22.8 Å². The van der Waals surface area contributed by atoms with Crippen molar-refractivity contribution in [3.05, 3.63) is 107 Å². The number of nitrogens with zero attached hydrogens (tertiary/aromatic N) is 8. The van der Waals surface area contributed by atoms with Gasteiger partial charge in [0.25, 0.3) is 12.0 Å². The SMILES string of the molecule is CC(=O)Cl.CC(=O)F.CC(=O)O.CC(C)(C)OC(=O)C1CN(Cc2ccc(/C(N)=N/O)cc2)C1.Cc1nc(-c2ccc(CN3CC(C(=O)O)C3)cc2)no1.Cc1nc(-c2ccc(CN3CC(C(=O)OC(C)(C)C)C3)cc2)no1.I. The van der Waals surface area contributed by atoms with Gasteiger partial charge < -0.3 is 39.7 Å². The monoisotopic (exact) mass is 1240 g/mol. The molecule has 0 amide bonds. The van der Waals surface area contributed by atoms with Gasteiger partial charge in [-0.1, -0.05) is 88.3 Å². The molecule has 25 heteroatoms. The van der Waals surface area contributed by atoms with Gasteiger partial charge in [0.05, 0.1) is 17.8 Å². The van der Waals surface area contributed by atoms with E-state index in [9.17, 15) is 23.6 Å². The fourth-order valence-corrected chi connectivity index (χ4v) is 7.29. The molecule has 0 spiro atoms. The molecule has 0 aliphatic carbocycles. The van der Waals surface area contributed by atoms with Gasteiger partial charge in [0.2, 0.25) is 28.7 Å². The highest BCUT2D eigenvalue weighted by atomic mass is 127. The van der Waals surface area contributed by atoms with E-state index >= 15 is 0 Å². The van der Waals surface area contributed by atoms with Crippen LogP contribution in [0.5, 0.6) is 0 Å². The number of esters is 2. The number of carboxylic acid groups (broad SMARTS) is 2. The third-order valence-corrected chi connectivity index (χ3v) is 10.8. The normalized spacial score (nSPS) is 14.7. The number of hydrogen-bond donors (Lipinski definition) is 4. The molecule has 432 valence electrons. The lowest BCUT2D eigenvalue weighted by Gasteiger charge is -2.38. The van der Waals surface area contributed by atoms with Crippen LogP contribution in [0, 0.1) is 31.6 Å². The molecule has 0 atom stereocenters. The van der Waals surface area contributed by atoms with Gasteiger partial charge in [0, 0.05) is 110 Å². The number of halogens is 3. The highest BCUT2D eigenvalue weighted by Gasteiger charge is 2.37. The largest absolute Gasteiger partial charge is 0.481 e. The van der Waals surface area contributed by atoms with E-state index in [1.165, 1.54) is 12.5 Å². The van der Waals surface area contributed by atoms with Crippen molar-refractivity contribution in [2.24, 2.45) is 28.6 Å². The number of amidine groups is 1. The van der Waals surface area contributed by atoms with Crippen LogP contribution in [0.4, 0.5) is 4.39 Å². The van der Waals surface area contributed by atoms with Crippen LogP contribution in [0.25, 0.3) is 22.8 Å². The van der Waals surface area contributed by atoms with Crippen LogP contribution in [-0.4, -0.2) is 142 Å². The van der Waals surface area contributed by atoms with Crippen molar-refractivity contribution in [2.45, 2.75) is 107 Å². The number of nitrogens with two attached hydrogens (primary N) is 1. The number of rotatable bonds is 12. The molecule has 3 fully saturated rings. The first kappa shape index (κ1) is 68.4. The molecule has 3 saturated heterocycles. The van der Waals surface area contributed by atoms with Gasteiger partial charge in [-0.3, -0.25) is 43.5 Å². The molecule has 79 heavy (non-hydrogen) atoms. The van der Waals surface area contributed by atoms with Crippen LogP contribution >= 0.6 is 35.6 Å². The maximum atomic E-state index is 12.0. The Hall–Kier alpha value is -6.74. The third kappa shape index (κ3) is 26.6. The fourth-order valence-electron chi connectivity index (χ4n) is 7.29. The van der Waals surface area contributed by atoms with E-state index in [1.54, 1.807) is 13.8 Å². The molecule has 5 heterocycles. The summed E-state index contributed by atoms with van der Waals surface area (Å²) in [7, 11) is 0. The number of carbonyl (C=O) groups is 6. The van der Waals surface area contributed by atoms with E-state index in [1.807, 2.05) is 102 Å². The number of benzene rings is 3. The number of hydrogen-bond acceptors (Lipinski definition) is 19. The number of aryl methyl sites for hydroxylation is 2. The highest BCUT2D eigenvalue weighted by molar-refractivity contribution is 14.0. The lowest BCUT2D eigenvalue weighted by molar-refractivity contribution is -0.167. The van der Waals surface area contributed by atoms with Crippen molar-refractivity contribution in [1.29, 1.82) is 0 Å². The zero-order chi connectivity index (χ0) is 58.5. The summed E-state index contributed by atoms with van der Waals surface area (Å²) in [5.41, 5.74) is 10.7. The molecule has 3 aliphatic rings. The maximum Gasteiger partial charge on any atom is 0.312 e. The van der Waals surface area contributed by atoms with E-state index in [0.717, 1.165) is 81.9 Å². The van der Waals surface area contributed by atoms with E-state index in [2.05, 4.69) is 63.9 Å². The van der Waals surface area contributed by atoms with Crippen molar-refractivity contribution >= 4 is 76.6 Å². The maximum absolute atomic E-state index is 12.0. The Balaban J connectivity index is 0.000000365. The summed E-state index contributed by atoms with van der Waals surface area (Å²) in [4.78, 5) is 76.5. The first-order valence-corrected chi connectivity index (χ1v) is 25.0. The molecule has 2 aromatic heterocycles. The molecular weight excluding hydrogens is 1160 g/mol. The summed E-state index contributed by atoms with van der Waals surface area (Å²) in [5.74, 6) is 0.388. The summed E-state index contributed by atoms with van der Waals surface area (Å²) in [5, 5.41) is 35.3. The molecular formula is C54H72ClFIN9O13. The molecule has 5 N–H and O–H groups in total. The quantitative estimate of drug-likeness (QED) is 0.0175. The Morgan fingerprint density at radius 1 is 0.633 bits per heavy atom. The zero-order valence-corrected chi connectivity index (χ0v) is 49.4. The van der Waals surface area contributed by atoms with Gasteiger partial charge in [0.15, 0.2) is 5.84 Å². The molecule has 0 bridgehead atoms. The second kappa shape index (κ2) is 32.4. The van der Waals surface area contributed by atoms with Crippen molar-refractivity contribution < 1.29 is 67.1 Å². The van der Waals surface area contributed by atoms with E-state index in [-0.39, 0.29) is 64.7 Å². The predicted octanol–water partition coefficient (Wildman–Crippen LogP) is 7.92. The van der Waals surface area contributed by atoms with Crippen LogP contribution in [-0.2, 0) is 57.9 Å².